The topological polar surface area (TPSA) is 46.5 Å². The number of hydrogen-bond donors (Lipinski definition) is 1. The molecule has 96 valence electrons. The Morgan fingerprint density at radius 2 is 1.81 bits per heavy atom. The van der Waals surface area contributed by atoms with Gasteiger partial charge in [-0.15, -0.1) is 0 Å². The highest BCUT2D eigenvalue weighted by Gasteiger charge is 2.12. The lowest BCUT2D eigenvalue weighted by Crippen LogP contribution is -2.11. The van der Waals surface area contributed by atoms with E-state index in [0.29, 0.717) is 24.7 Å². The van der Waals surface area contributed by atoms with Crippen LogP contribution in [0.15, 0.2) is 0 Å². The highest BCUT2D eigenvalue weighted by Crippen LogP contribution is 2.22. The molecule has 0 rings (SSSR count). The molecule has 0 saturated carbocycles. The Kier molecular flexibility index (Phi) is 7.39. The maximum atomic E-state index is 10.8. The molecular formula is C13H26O3. The van der Waals surface area contributed by atoms with E-state index in [-0.39, 0.29) is 12.1 Å². The number of carbonyl (C=O) groups excluding carboxylic acids is 1. The molecule has 0 aliphatic heterocycles. The van der Waals surface area contributed by atoms with Gasteiger partial charge in [0.2, 0.25) is 0 Å². The van der Waals surface area contributed by atoms with Gasteiger partial charge >= 0.3 is 5.97 Å². The number of aliphatic hydroxyl groups excluding tert-OH is 1. The molecule has 3 nitrogen and oxygen atoms in total. The fourth-order valence-corrected chi connectivity index (χ4v) is 1.60. The quantitative estimate of drug-likeness (QED) is 0.684. The molecule has 1 atom stereocenters. The highest BCUT2D eigenvalue weighted by molar-refractivity contribution is 5.68. The molecule has 0 fully saturated rings. The minimum Gasteiger partial charge on any atom is -0.469 e. The SMILES string of the molecule is COC(=O)CCC[C@@H](O)CCCC(C)(C)C. The number of carbonyl (C=O) groups is 1. The lowest BCUT2D eigenvalue weighted by Gasteiger charge is -2.18. The van der Waals surface area contributed by atoms with Gasteiger partial charge in [-0.25, -0.2) is 0 Å². The Labute approximate surface area is 99.2 Å². The van der Waals surface area contributed by atoms with Gasteiger partial charge in [0.1, 0.15) is 0 Å². The molecule has 0 aromatic rings. The molecule has 0 spiro atoms. The van der Waals surface area contributed by atoms with E-state index in [9.17, 15) is 9.90 Å². The minimum absolute atomic E-state index is 0.193. The van der Waals surface area contributed by atoms with Gasteiger partial charge in [-0.05, 0) is 31.1 Å². The highest BCUT2D eigenvalue weighted by atomic mass is 16.5. The lowest BCUT2D eigenvalue weighted by molar-refractivity contribution is -0.140. The van der Waals surface area contributed by atoms with Crippen LogP contribution in [0, 0.1) is 5.41 Å². The number of rotatable bonds is 7. The largest absolute Gasteiger partial charge is 0.469 e. The van der Waals surface area contributed by atoms with E-state index in [1.165, 1.54) is 7.11 Å². The molecule has 0 radical (unpaired) electrons. The van der Waals surface area contributed by atoms with Crippen molar-refractivity contribution in [3.8, 4) is 0 Å². The van der Waals surface area contributed by atoms with Crippen LogP contribution in [0.25, 0.3) is 0 Å². The van der Waals surface area contributed by atoms with Crippen molar-refractivity contribution in [3.63, 3.8) is 0 Å². The van der Waals surface area contributed by atoms with Crippen LogP contribution in [0.5, 0.6) is 0 Å². The molecule has 16 heavy (non-hydrogen) atoms. The molecule has 0 saturated heterocycles. The number of hydrogen-bond acceptors (Lipinski definition) is 3. The van der Waals surface area contributed by atoms with E-state index in [0.717, 1.165) is 19.3 Å². The first kappa shape index (κ1) is 15.4. The first-order chi connectivity index (χ1) is 7.35. The van der Waals surface area contributed by atoms with Gasteiger partial charge in [0, 0.05) is 6.42 Å². The van der Waals surface area contributed by atoms with Crippen LogP contribution in [-0.2, 0) is 9.53 Å². The molecule has 0 aliphatic carbocycles. The molecule has 1 N–H and O–H groups in total. The van der Waals surface area contributed by atoms with Crippen LogP contribution in [0.1, 0.15) is 59.3 Å². The molecule has 0 aliphatic rings. The third kappa shape index (κ3) is 9.97. The van der Waals surface area contributed by atoms with Gasteiger partial charge < -0.3 is 9.84 Å². The normalized spacial score (nSPS) is 13.6. The van der Waals surface area contributed by atoms with Gasteiger partial charge in [0.15, 0.2) is 0 Å². The summed E-state index contributed by atoms with van der Waals surface area (Å²) in [6.45, 7) is 6.61. The average molecular weight is 230 g/mol. The molecule has 0 heterocycles. The number of ether oxygens (including phenoxy) is 1. The first-order valence-corrected chi connectivity index (χ1v) is 6.10. The van der Waals surface area contributed by atoms with Crippen molar-refractivity contribution in [2.45, 2.75) is 65.4 Å². The van der Waals surface area contributed by atoms with Crippen molar-refractivity contribution in [2.75, 3.05) is 7.11 Å². The van der Waals surface area contributed by atoms with Gasteiger partial charge in [-0.2, -0.15) is 0 Å². The maximum Gasteiger partial charge on any atom is 0.305 e. The van der Waals surface area contributed by atoms with E-state index in [1.807, 2.05) is 0 Å². The number of esters is 1. The second-order valence-corrected chi connectivity index (χ2v) is 5.58. The maximum absolute atomic E-state index is 10.8. The molecular weight excluding hydrogens is 204 g/mol. The van der Waals surface area contributed by atoms with Crippen molar-refractivity contribution in [2.24, 2.45) is 5.41 Å². The van der Waals surface area contributed by atoms with Crippen LogP contribution >= 0.6 is 0 Å². The molecule has 0 aromatic heterocycles. The molecule has 3 heteroatoms. The van der Waals surface area contributed by atoms with E-state index >= 15 is 0 Å². The molecule has 0 unspecified atom stereocenters. The van der Waals surface area contributed by atoms with Crippen LogP contribution in [0.4, 0.5) is 0 Å². The zero-order chi connectivity index (χ0) is 12.6. The van der Waals surface area contributed by atoms with Gasteiger partial charge in [-0.3, -0.25) is 4.79 Å². The monoisotopic (exact) mass is 230 g/mol. The third-order valence-electron chi connectivity index (χ3n) is 2.61. The Balaban J connectivity index is 3.45. The first-order valence-electron chi connectivity index (χ1n) is 6.10. The fourth-order valence-electron chi connectivity index (χ4n) is 1.60. The molecule has 0 aromatic carbocycles. The average Bonchev–Trinajstić information content (AvgIpc) is 2.15. The summed E-state index contributed by atoms with van der Waals surface area (Å²) in [6, 6.07) is 0. The zero-order valence-corrected chi connectivity index (χ0v) is 11.1. The van der Waals surface area contributed by atoms with Crippen LogP contribution in [0.3, 0.4) is 0 Å². The minimum atomic E-state index is -0.271. The summed E-state index contributed by atoms with van der Waals surface area (Å²) in [6.07, 6.45) is 4.55. The Bertz CT molecular complexity index is 194. The van der Waals surface area contributed by atoms with E-state index in [2.05, 4.69) is 25.5 Å². The van der Waals surface area contributed by atoms with Crippen LogP contribution in [-0.4, -0.2) is 24.3 Å². The second-order valence-electron chi connectivity index (χ2n) is 5.58. The third-order valence-corrected chi connectivity index (χ3v) is 2.61. The summed E-state index contributed by atoms with van der Waals surface area (Å²) in [7, 11) is 1.39. The van der Waals surface area contributed by atoms with E-state index < -0.39 is 0 Å². The van der Waals surface area contributed by atoms with Gasteiger partial charge in [-0.1, -0.05) is 27.2 Å². The summed E-state index contributed by atoms with van der Waals surface area (Å²) in [4.78, 5) is 10.8. The summed E-state index contributed by atoms with van der Waals surface area (Å²) in [5, 5.41) is 9.68. The van der Waals surface area contributed by atoms with Crippen molar-refractivity contribution in [1.29, 1.82) is 0 Å². The zero-order valence-electron chi connectivity index (χ0n) is 11.1. The predicted octanol–water partition coefficient (Wildman–Crippen LogP) is 2.91. The van der Waals surface area contributed by atoms with Crippen molar-refractivity contribution >= 4 is 5.97 Å². The summed E-state index contributed by atoms with van der Waals surface area (Å²) in [5.74, 6) is -0.193. The van der Waals surface area contributed by atoms with E-state index in [1.54, 1.807) is 0 Å². The van der Waals surface area contributed by atoms with Gasteiger partial charge in [0.25, 0.3) is 0 Å². The second kappa shape index (κ2) is 7.66. The fraction of sp³-hybridized carbons (Fsp3) is 0.923. The Hall–Kier alpha value is -0.570. The summed E-state index contributed by atoms with van der Waals surface area (Å²) >= 11 is 0. The Morgan fingerprint density at radius 3 is 2.31 bits per heavy atom. The number of aliphatic hydroxyl groups is 1. The van der Waals surface area contributed by atoms with Crippen LogP contribution < -0.4 is 0 Å². The van der Waals surface area contributed by atoms with Crippen molar-refractivity contribution in [3.05, 3.63) is 0 Å². The lowest BCUT2D eigenvalue weighted by atomic mass is 9.89. The molecule has 0 amide bonds. The summed E-state index contributed by atoms with van der Waals surface area (Å²) in [5.41, 5.74) is 0.339. The molecule has 0 bridgehead atoms. The van der Waals surface area contributed by atoms with Crippen molar-refractivity contribution in [1.82, 2.24) is 0 Å². The summed E-state index contributed by atoms with van der Waals surface area (Å²) < 4.78 is 4.54. The Morgan fingerprint density at radius 1 is 1.25 bits per heavy atom. The predicted molar refractivity (Wildman–Crippen MR) is 65.2 cm³/mol. The number of methoxy groups -OCH3 is 1. The smallest absolute Gasteiger partial charge is 0.305 e. The van der Waals surface area contributed by atoms with Gasteiger partial charge in [0.05, 0.1) is 13.2 Å². The standard InChI is InChI=1S/C13H26O3/c1-13(2,3)10-6-8-11(14)7-5-9-12(15)16-4/h11,14H,5-10H2,1-4H3/t11-/m1/s1. The van der Waals surface area contributed by atoms with Crippen molar-refractivity contribution < 1.29 is 14.6 Å². The van der Waals surface area contributed by atoms with E-state index in [4.69, 9.17) is 0 Å². The van der Waals surface area contributed by atoms with Crippen LogP contribution in [0.2, 0.25) is 0 Å².